The van der Waals surface area contributed by atoms with Crippen LogP contribution < -0.4 is 0 Å². The normalized spacial score (nSPS) is 24.6. The molecule has 1 fully saturated rings. The van der Waals surface area contributed by atoms with Gasteiger partial charge in [0.2, 0.25) is 0 Å². The van der Waals surface area contributed by atoms with E-state index in [-0.39, 0.29) is 0 Å². The summed E-state index contributed by atoms with van der Waals surface area (Å²) in [6, 6.07) is 6.53. The van der Waals surface area contributed by atoms with Crippen LogP contribution in [0.2, 0.25) is 0 Å². The summed E-state index contributed by atoms with van der Waals surface area (Å²) in [5.74, 6) is 1.38. The zero-order chi connectivity index (χ0) is 13.9. The molecule has 1 aromatic carbocycles. The van der Waals surface area contributed by atoms with E-state index in [0.29, 0.717) is 11.8 Å². The predicted octanol–water partition coefficient (Wildman–Crippen LogP) is 4.28. The Morgan fingerprint density at radius 1 is 1.20 bits per heavy atom. The third-order valence-electron chi connectivity index (χ3n) is 5.20. The fraction of sp³-hybridized carbons (Fsp3) is 0.667. The van der Waals surface area contributed by atoms with E-state index in [0.717, 1.165) is 5.92 Å². The molecule has 1 aliphatic heterocycles. The van der Waals surface area contributed by atoms with Crippen LogP contribution >= 0.6 is 0 Å². The number of rotatable bonds is 3. The molecule has 1 N–H and O–H groups in total. The summed E-state index contributed by atoms with van der Waals surface area (Å²) < 4.78 is 0. The van der Waals surface area contributed by atoms with Gasteiger partial charge in [-0.3, -0.25) is 4.90 Å². The van der Waals surface area contributed by atoms with E-state index in [9.17, 15) is 5.11 Å². The number of fused-ring (bicyclic) bond motifs is 1. The summed E-state index contributed by atoms with van der Waals surface area (Å²) in [6.07, 6.45) is 9.17. The van der Waals surface area contributed by atoms with Crippen LogP contribution in [-0.2, 0) is 6.42 Å². The number of phenolic OH excluding ortho intramolecular Hbond substituents is 1. The maximum Gasteiger partial charge on any atom is 0.115 e. The summed E-state index contributed by atoms with van der Waals surface area (Å²) in [6.45, 7) is 4.78. The van der Waals surface area contributed by atoms with Crippen LogP contribution in [0.15, 0.2) is 18.2 Å². The van der Waals surface area contributed by atoms with Crippen LogP contribution in [0.4, 0.5) is 0 Å². The molecule has 1 aliphatic carbocycles. The predicted molar refractivity (Wildman–Crippen MR) is 83.0 cm³/mol. The zero-order valence-electron chi connectivity index (χ0n) is 12.6. The van der Waals surface area contributed by atoms with Gasteiger partial charge in [-0.1, -0.05) is 25.8 Å². The molecule has 2 aliphatic rings. The van der Waals surface area contributed by atoms with E-state index in [2.05, 4.69) is 17.9 Å². The highest BCUT2D eigenvalue weighted by molar-refractivity contribution is 5.38. The van der Waals surface area contributed by atoms with Crippen molar-refractivity contribution in [2.75, 3.05) is 13.1 Å². The first-order valence-electron chi connectivity index (χ1n) is 8.33. The van der Waals surface area contributed by atoms with E-state index in [4.69, 9.17) is 0 Å². The van der Waals surface area contributed by atoms with Crippen molar-refractivity contribution in [3.63, 3.8) is 0 Å². The Labute approximate surface area is 122 Å². The molecule has 1 aromatic rings. The Hall–Kier alpha value is -1.02. The molecule has 0 spiro atoms. The van der Waals surface area contributed by atoms with E-state index < -0.39 is 0 Å². The van der Waals surface area contributed by atoms with Gasteiger partial charge < -0.3 is 5.11 Å². The van der Waals surface area contributed by atoms with Crippen LogP contribution in [0.1, 0.15) is 62.6 Å². The van der Waals surface area contributed by atoms with Crippen molar-refractivity contribution in [3.05, 3.63) is 29.3 Å². The Morgan fingerprint density at radius 2 is 2.00 bits per heavy atom. The lowest BCUT2D eigenvalue weighted by Crippen LogP contribution is -2.38. The van der Waals surface area contributed by atoms with Crippen molar-refractivity contribution < 1.29 is 5.11 Å². The Morgan fingerprint density at radius 3 is 2.75 bits per heavy atom. The monoisotopic (exact) mass is 273 g/mol. The molecule has 110 valence electrons. The molecule has 1 atom stereocenters. The average molecular weight is 273 g/mol. The maximum atomic E-state index is 9.80. The Kier molecular flexibility index (Phi) is 4.30. The van der Waals surface area contributed by atoms with Crippen LogP contribution in [0.5, 0.6) is 5.75 Å². The standard InChI is InChI=1S/C18H27NO/c1-2-4-14-9-11-19(12-10-14)18-6-3-5-15-7-8-16(20)13-17(15)18/h7-8,13-14,18,20H,2-6,9-12H2,1H3. The highest BCUT2D eigenvalue weighted by Gasteiger charge is 2.29. The van der Waals surface area contributed by atoms with Crippen molar-refractivity contribution in [1.29, 1.82) is 0 Å². The van der Waals surface area contributed by atoms with Gasteiger partial charge in [0.15, 0.2) is 0 Å². The molecule has 2 nitrogen and oxygen atoms in total. The number of phenols is 1. The number of aryl methyl sites for hydroxylation is 1. The molecule has 20 heavy (non-hydrogen) atoms. The van der Waals surface area contributed by atoms with Crippen LogP contribution in [0.25, 0.3) is 0 Å². The topological polar surface area (TPSA) is 23.5 Å². The van der Waals surface area contributed by atoms with Gasteiger partial charge in [0.25, 0.3) is 0 Å². The van der Waals surface area contributed by atoms with Crippen LogP contribution in [0, 0.1) is 5.92 Å². The number of likely N-dealkylation sites (tertiary alicyclic amines) is 1. The quantitative estimate of drug-likeness (QED) is 0.888. The lowest BCUT2D eigenvalue weighted by atomic mass is 9.84. The lowest BCUT2D eigenvalue weighted by Gasteiger charge is -2.40. The largest absolute Gasteiger partial charge is 0.508 e. The number of aromatic hydroxyl groups is 1. The fourth-order valence-corrected chi connectivity index (χ4v) is 4.10. The minimum atomic E-state index is 0.427. The molecule has 1 unspecified atom stereocenters. The minimum absolute atomic E-state index is 0.427. The molecule has 0 aromatic heterocycles. The summed E-state index contributed by atoms with van der Waals surface area (Å²) in [4.78, 5) is 2.67. The van der Waals surface area contributed by atoms with Gasteiger partial charge in [-0.05, 0) is 74.4 Å². The SMILES string of the molecule is CCCC1CCN(C2CCCc3ccc(O)cc32)CC1. The van der Waals surface area contributed by atoms with Crippen molar-refractivity contribution in [2.24, 2.45) is 5.92 Å². The first-order chi connectivity index (χ1) is 9.78. The number of hydrogen-bond donors (Lipinski definition) is 1. The molecule has 0 bridgehead atoms. The smallest absolute Gasteiger partial charge is 0.115 e. The average Bonchev–Trinajstić information content (AvgIpc) is 2.48. The summed E-state index contributed by atoms with van der Waals surface area (Å²) in [5, 5.41) is 9.80. The second-order valence-corrected chi connectivity index (χ2v) is 6.56. The third kappa shape index (κ3) is 2.85. The molecule has 0 saturated carbocycles. The van der Waals surface area contributed by atoms with Crippen molar-refractivity contribution in [1.82, 2.24) is 4.90 Å². The van der Waals surface area contributed by atoms with Gasteiger partial charge in [-0.2, -0.15) is 0 Å². The second-order valence-electron chi connectivity index (χ2n) is 6.56. The first kappa shape index (κ1) is 13.9. The van der Waals surface area contributed by atoms with Gasteiger partial charge in [0.05, 0.1) is 0 Å². The Bertz CT molecular complexity index is 449. The zero-order valence-corrected chi connectivity index (χ0v) is 12.6. The summed E-state index contributed by atoms with van der Waals surface area (Å²) >= 11 is 0. The molecule has 0 amide bonds. The number of nitrogens with zero attached hydrogens (tertiary/aromatic N) is 1. The van der Waals surface area contributed by atoms with Crippen molar-refractivity contribution in [3.8, 4) is 5.75 Å². The molecule has 1 saturated heterocycles. The van der Waals surface area contributed by atoms with E-state index in [1.807, 2.05) is 12.1 Å². The van der Waals surface area contributed by atoms with E-state index >= 15 is 0 Å². The Balaban J connectivity index is 1.72. The van der Waals surface area contributed by atoms with Gasteiger partial charge >= 0.3 is 0 Å². The van der Waals surface area contributed by atoms with Gasteiger partial charge in [-0.15, -0.1) is 0 Å². The summed E-state index contributed by atoms with van der Waals surface area (Å²) in [7, 11) is 0. The molecule has 0 radical (unpaired) electrons. The number of benzene rings is 1. The molecule has 1 heterocycles. The molecule has 2 heteroatoms. The highest BCUT2D eigenvalue weighted by Crippen LogP contribution is 2.38. The van der Waals surface area contributed by atoms with Gasteiger partial charge in [-0.25, -0.2) is 0 Å². The van der Waals surface area contributed by atoms with Crippen LogP contribution in [0.3, 0.4) is 0 Å². The second kappa shape index (κ2) is 6.17. The van der Waals surface area contributed by atoms with Crippen LogP contribution in [-0.4, -0.2) is 23.1 Å². The van der Waals surface area contributed by atoms with Crippen molar-refractivity contribution >= 4 is 0 Å². The number of piperidine rings is 1. The van der Waals surface area contributed by atoms with E-state index in [1.54, 1.807) is 0 Å². The molecular formula is C18H27NO. The maximum absolute atomic E-state index is 9.80. The van der Waals surface area contributed by atoms with Gasteiger partial charge in [0, 0.05) is 6.04 Å². The number of hydrogen-bond acceptors (Lipinski definition) is 2. The van der Waals surface area contributed by atoms with Crippen molar-refractivity contribution in [2.45, 2.75) is 57.9 Å². The van der Waals surface area contributed by atoms with E-state index in [1.165, 1.54) is 69.2 Å². The highest BCUT2D eigenvalue weighted by atomic mass is 16.3. The molecule has 3 rings (SSSR count). The minimum Gasteiger partial charge on any atom is -0.508 e. The third-order valence-corrected chi connectivity index (χ3v) is 5.20. The fourth-order valence-electron chi connectivity index (χ4n) is 4.10. The summed E-state index contributed by atoms with van der Waals surface area (Å²) in [5.41, 5.74) is 2.85. The lowest BCUT2D eigenvalue weighted by molar-refractivity contribution is 0.117. The molecular weight excluding hydrogens is 246 g/mol. The first-order valence-corrected chi connectivity index (χ1v) is 8.33. The van der Waals surface area contributed by atoms with Gasteiger partial charge in [0.1, 0.15) is 5.75 Å².